The molecule has 1 atom stereocenters. The average molecular weight is 518 g/mol. The van der Waals surface area contributed by atoms with E-state index in [0.29, 0.717) is 0 Å². The summed E-state index contributed by atoms with van der Waals surface area (Å²) in [6.07, 6.45) is -0.808. The molecule has 2 rings (SSSR count). The van der Waals surface area contributed by atoms with Crippen LogP contribution in [0.2, 0.25) is 5.02 Å². The molecule has 0 bridgehead atoms. The van der Waals surface area contributed by atoms with Crippen LogP contribution >= 0.6 is 27.5 Å². The van der Waals surface area contributed by atoms with Gasteiger partial charge >= 0.3 is 6.09 Å². The van der Waals surface area contributed by atoms with E-state index in [9.17, 15) is 23.2 Å². The molecule has 0 saturated heterocycles. The molecule has 10 heteroatoms. The molecule has 0 aliphatic rings. The van der Waals surface area contributed by atoms with E-state index in [0.717, 1.165) is 18.2 Å². The molecule has 0 heterocycles. The van der Waals surface area contributed by atoms with Gasteiger partial charge in [0.25, 0.3) is 0 Å². The third-order valence-electron chi connectivity index (χ3n) is 3.90. The van der Waals surface area contributed by atoms with Crippen LogP contribution in [0.1, 0.15) is 43.6 Å². The van der Waals surface area contributed by atoms with Crippen molar-refractivity contribution in [3.8, 4) is 0 Å². The molecule has 0 radical (unpaired) electrons. The van der Waals surface area contributed by atoms with Crippen LogP contribution in [0.5, 0.6) is 0 Å². The summed E-state index contributed by atoms with van der Waals surface area (Å²) in [4.78, 5) is 37.4. The molecular weight excluding hydrogens is 498 g/mol. The van der Waals surface area contributed by atoms with Gasteiger partial charge in [0.1, 0.15) is 23.3 Å². The molecule has 0 fully saturated rings. The molecule has 2 N–H and O–H groups in total. The fraction of sp³-hybridized carbons (Fsp3) is 0.286. The molecule has 0 aliphatic carbocycles. The Kier molecular flexibility index (Phi) is 7.77. The first-order valence-corrected chi connectivity index (χ1v) is 10.3. The van der Waals surface area contributed by atoms with Crippen molar-refractivity contribution in [2.45, 2.75) is 39.3 Å². The number of hydrogen-bond acceptors (Lipinski definition) is 4. The molecular formula is C21H20BrClF2N2O4. The zero-order valence-electron chi connectivity index (χ0n) is 17.1. The summed E-state index contributed by atoms with van der Waals surface area (Å²) < 4.78 is 33.5. The van der Waals surface area contributed by atoms with Gasteiger partial charge in [-0.3, -0.25) is 9.59 Å². The molecule has 2 amide bonds. The SMILES string of the molecule is CC(NC(=O)OC(C)(C)C)C(=O)Nc1ccc(Cl)c(Br)c1C(=O)c1c(F)cccc1F. The van der Waals surface area contributed by atoms with E-state index in [4.69, 9.17) is 16.3 Å². The lowest BCUT2D eigenvalue weighted by Crippen LogP contribution is -2.44. The number of hydrogen-bond donors (Lipinski definition) is 2. The highest BCUT2D eigenvalue weighted by atomic mass is 79.9. The van der Waals surface area contributed by atoms with Crippen molar-refractivity contribution in [1.82, 2.24) is 5.32 Å². The smallest absolute Gasteiger partial charge is 0.408 e. The van der Waals surface area contributed by atoms with Crippen LogP contribution < -0.4 is 10.6 Å². The maximum absolute atomic E-state index is 14.2. The van der Waals surface area contributed by atoms with Crippen LogP contribution in [0.15, 0.2) is 34.8 Å². The quantitative estimate of drug-likeness (QED) is 0.516. The number of carbonyl (C=O) groups is 3. The number of benzene rings is 2. The Morgan fingerprint density at radius 3 is 2.19 bits per heavy atom. The lowest BCUT2D eigenvalue weighted by Gasteiger charge is -2.22. The van der Waals surface area contributed by atoms with Crippen molar-refractivity contribution in [3.05, 3.63) is 62.6 Å². The molecule has 0 aromatic heterocycles. The number of halogens is 4. The van der Waals surface area contributed by atoms with Crippen LogP contribution in [0.3, 0.4) is 0 Å². The van der Waals surface area contributed by atoms with Crippen molar-refractivity contribution in [2.24, 2.45) is 0 Å². The Labute approximate surface area is 191 Å². The summed E-state index contributed by atoms with van der Waals surface area (Å²) in [5.41, 5.74) is -1.84. The fourth-order valence-corrected chi connectivity index (χ4v) is 3.19. The van der Waals surface area contributed by atoms with Crippen molar-refractivity contribution in [1.29, 1.82) is 0 Å². The third kappa shape index (κ3) is 6.24. The zero-order valence-corrected chi connectivity index (χ0v) is 19.5. The largest absolute Gasteiger partial charge is 0.444 e. The second-order valence-electron chi connectivity index (χ2n) is 7.57. The Morgan fingerprint density at radius 1 is 1.06 bits per heavy atom. The minimum atomic E-state index is -1.06. The monoisotopic (exact) mass is 516 g/mol. The Bertz CT molecular complexity index is 1020. The van der Waals surface area contributed by atoms with Gasteiger partial charge in [-0.2, -0.15) is 0 Å². The van der Waals surface area contributed by atoms with Crippen molar-refractivity contribution in [3.63, 3.8) is 0 Å². The van der Waals surface area contributed by atoms with Gasteiger partial charge in [-0.1, -0.05) is 17.7 Å². The second kappa shape index (κ2) is 9.74. The summed E-state index contributed by atoms with van der Waals surface area (Å²) in [7, 11) is 0. The van der Waals surface area contributed by atoms with Gasteiger partial charge in [-0.05, 0) is 67.9 Å². The van der Waals surface area contributed by atoms with Crippen molar-refractivity contribution < 1.29 is 27.9 Å². The molecule has 31 heavy (non-hydrogen) atoms. The molecule has 166 valence electrons. The van der Waals surface area contributed by atoms with Crippen molar-refractivity contribution >= 4 is 51.0 Å². The Morgan fingerprint density at radius 2 is 1.65 bits per heavy atom. The number of amides is 2. The number of anilines is 1. The first-order chi connectivity index (χ1) is 14.3. The van der Waals surface area contributed by atoms with Crippen molar-refractivity contribution in [2.75, 3.05) is 5.32 Å². The maximum Gasteiger partial charge on any atom is 0.408 e. The predicted octanol–water partition coefficient (Wildman–Crippen LogP) is 5.46. The molecule has 2 aromatic rings. The molecule has 0 saturated carbocycles. The summed E-state index contributed by atoms with van der Waals surface area (Å²) >= 11 is 9.19. The molecule has 6 nitrogen and oxygen atoms in total. The number of carbonyl (C=O) groups excluding carboxylic acids is 3. The first kappa shape index (κ1) is 24.7. The molecule has 0 spiro atoms. The van der Waals surface area contributed by atoms with E-state index in [1.54, 1.807) is 20.8 Å². The number of ketones is 1. The van der Waals surface area contributed by atoms with E-state index in [2.05, 4.69) is 26.6 Å². The van der Waals surface area contributed by atoms with Crippen LogP contribution in [-0.4, -0.2) is 29.4 Å². The number of ether oxygens (including phenoxy) is 1. The summed E-state index contributed by atoms with van der Waals surface area (Å²) in [5.74, 6) is -3.83. The standard InChI is InChI=1S/C21H20BrClF2N2O4/c1-10(26-20(30)31-21(2,3)4)19(29)27-14-9-8-11(23)17(22)16(14)18(28)15-12(24)6-5-7-13(15)25/h5-10H,1-4H3,(H,26,30)(H,27,29). The highest BCUT2D eigenvalue weighted by Crippen LogP contribution is 2.34. The Hall–Kier alpha value is -2.52. The summed E-state index contributed by atoms with van der Waals surface area (Å²) in [6, 6.07) is 4.68. The van der Waals surface area contributed by atoms with Crippen LogP contribution in [0.4, 0.5) is 19.3 Å². The van der Waals surface area contributed by atoms with Gasteiger partial charge in [0.2, 0.25) is 11.7 Å². The molecule has 2 aromatic carbocycles. The minimum Gasteiger partial charge on any atom is -0.444 e. The highest BCUT2D eigenvalue weighted by molar-refractivity contribution is 9.10. The van der Waals surface area contributed by atoms with E-state index in [-0.39, 0.29) is 20.7 Å². The van der Waals surface area contributed by atoms with Gasteiger partial charge in [0.15, 0.2) is 0 Å². The number of rotatable bonds is 5. The second-order valence-corrected chi connectivity index (χ2v) is 8.77. The number of alkyl carbamates (subject to hydrolysis) is 1. The van der Waals surface area contributed by atoms with Crippen LogP contribution in [0, 0.1) is 11.6 Å². The topological polar surface area (TPSA) is 84.5 Å². The number of nitrogens with one attached hydrogen (secondary N) is 2. The van der Waals surface area contributed by atoms with Gasteiger partial charge in [-0.15, -0.1) is 0 Å². The average Bonchev–Trinajstić information content (AvgIpc) is 2.62. The van der Waals surface area contributed by atoms with E-state index >= 15 is 0 Å². The van der Waals surface area contributed by atoms with Gasteiger partial charge in [0, 0.05) is 4.47 Å². The van der Waals surface area contributed by atoms with Gasteiger partial charge in [-0.25, -0.2) is 13.6 Å². The predicted molar refractivity (Wildman–Crippen MR) is 116 cm³/mol. The van der Waals surface area contributed by atoms with Gasteiger partial charge in [0.05, 0.1) is 21.8 Å². The Balaban J connectivity index is 2.34. The lowest BCUT2D eigenvalue weighted by molar-refractivity contribution is -0.117. The maximum atomic E-state index is 14.2. The third-order valence-corrected chi connectivity index (χ3v) is 5.26. The zero-order chi connectivity index (χ0) is 23.5. The van der Waals surface area contributed by atoms with E-state index in [1.807, 2.05) is 0 Å². The normalized spacial score (nSPS) is 12.1. The van der Waals surface area contributed by atoms with Crippen LogP contribution in [0.25, 0.3) is 0 Å². The molecule has 1 unspecified atom stereocenters. The van der Waals surface area contributed by atoms with Crippen LogP contribution in [-0.2, 0) is 9.53 Å². The first-order valence-electron chi connectivity index (χ1n) is 9.09. The van der Waals surface area contributed by atoms with E-state index < -0.39 is 46.6 Å². The summed E-state index contributed by atoms with van der Waals surface area (Å²) in [6.45, 7) is 6.41. The minimum absolute atomic E-state index is 0.0485. The van der Waals surface area contributed by atoms with Gasteiger partial charge < -0.3 is 15.4 Å². The highest BCUT2D eigenvalue weighted by Gasteiger charge is 2.27. The van der Waals surface area contributed by atoms with E-state index in [1.165, 1.54) is 19.1 Å². The summed E-state index contributed by atoms with van der Waals surface area (Å²) in [5, 5.41) is 4.93. The molecule has 0 aliphatic heterocycles. The lowest BCUT2D eigenvalue weighted by atomic mass is 10.00. The fourth-order valence-electron chi connectivity index (χ4n) is 2.51.